The van der Waals surface area contributed by atoms with Gasteiger partial charge in [0.25, 0.3) is 5.91 Å². The van der Waals surface area contributed by atoms with Crippen molar-refractivity contribution in [2.75, 3.05) is 11.9 Å². The normalized spacial score (nSPS) is 14.1. The molecule has 4 aromatic rings. The number of pyridine rings is 1. The average molecular weight is 548 g/mol. The Labute approximate surface area is 231 Å². The molecule has 1 unspecified atom stereocenters. The second kappa shape index (κ2) is 11.5. The first kappa shape index (κ1) is 26.2. The van der Waals surface area contributed by atoms with Crippen LogP contribution in [0.25, 0.3) is 10.9 Å². The van der Waals surface area contributed by atoms with Gasteiger partial charge in [-0.1, -0.05) is 78.7 Å². The smallest absolute Gasteiger partial charge is 0.340 e. The van der Waals surface area contributed by atoms with Crippen molar-refractivity contribution in [2.24, 2.45) is 0 Å². The Bertz CT molecular complexity index is 1470. The van der Waals surface area contributed by atoms with Crippen LogP contribution in [0.1, 0.15) is 40.5 Å². The molecule has 0 bridgehead atoms. The molecule has 6 nitrogen and oxygen atoms in total. The van der Waals surface area contributed by atoms with Crippen molar-refractivity contribution in [1.82, 2.24) is 9.88 Å². The van der Waals surface area contributed by atoms with Gasteiger partial charge < -0.3 is 10.1 Å². The number of halogens is 2. The van der Waals surface area contributed by atoms with Crippen molar-refractivity contribution >= 4 is 51.7 Å². The molecule has 1 aromatic heterocycles. The number of anilines is 1. The Kier molecular flexibility index (Phi) is 7.93. The molecule has 8 heteroatoms. The summed E-state index contributed by atoms with van der Waals surface area (Å²) in [5.41, 5.74) is 4.60. The molecule has 1 aliphatic rings. The van der Waals surface area contributed by atoms with Crippen LogP contribution >= 0.6 is 23.2 Å². The number of amides is 1. The quantitative estimate of drug-likeness (QED) is 0.261. The lowest BCUT2D eigenvalue weighted by Crippen LogP contribution is -2.34. The number of nitrogens with one attached hydrogen (secondary N) is 1. The number of nitrogens with zero attached hydrogens (tertiary/aromatic N) is 2. The first-order valence-electron chi connectivity index (χ1n) is 12.6. The Balaban J connectivity index is 1.43. The highest BCUT2D eigenvalue weighted by Gasteiger charge is 2.29. The number of ether oxygens (including phenoxy) is 1. The van der Waals surface area contributed by atoms with Gasteiger partial charge >= 0.3 is 5.97 Å². The predicted molar refractivity (Wildman–Crippen MR) is 151 cm³/mol. The van der Waals surface area contributed by atoms with Crippen LogP contribution in [-0.4, -0.2) is 34.4 Å². The van der Waals surface area contributed by atoms with E-state index in [2.05, 4.69) is 22.3 Å². The summed E-state index contributed by atoms with van der Waals surface area (Å²) in [5, 5.41) is 4.27. The molecule has 38 heavy (non-hydrogen) atoms. The van der Waals surface area contributed by atoms with Crippen LogP contribution in [0.3, 0.4) is 0 Å². The van der Waals surface area contributed by atoms with Crippen molar-refractivity contribution in [3.05, 3.63) is 105 Å². The highest BCUT2D eigenvalue weighted by atomic mass is 35.5. The molecule has 194 valence electrons. The summed E-state index contributed by atoms with van der Waals surface area (Å²) in [6.45, 7) is 3.97. The molecule has 1 aliphatic heterocycles. The number of carbonyl (C=O) groups excluding carboxylic acids is 2. The van der Waals surface area contributed by atoms with Crippen molar-refractivity contribution in [3.8, 4) is 0 Å². The standard InChI is InChI=1S/C30H27Cl2N3O3/c1-2-27(29(36)33-22-15-20(31)14-21(32)16-22)38-30(37)28-23-10-6-7-11-25(23)34-26-12-13-35(18-24(26)28)17-19-8-4-3-5-9-19/h3-11,14-16,27H,2,12-13,17-18H2,1H3,(H,33,36). The van der Waals surface area contributed by atoms with E-state index >= 15 is 0 Å². The minimum atomic E-state index is -0.994. The average Bonchev–Trinajstić information content (AvgIpc) is 2.90. The van der Waals surface area contributed by atoms with Crippen LogP contribution < -0.4 is 5.32 Å². The fourth-order valence-corrected chi connectivity index (χ4v) is 5.34. The third-order valence-electron chi connectivity index (χ3n) is 6.62. The van der Waals surface area contributed by atoms with Crippen LogP contribution in [0.4, 0.5) is 5.69 Å². The summed E-state index contributed by atoms with van der Waals surface area (Å²) in [7, 11) is 0. The number of fused-ring (bicyclic) bond motifs is 2. The van der Waals surface area contributed by atoms with E-state index < -0.39 is 18.0 Å². The van der Waals surface area contributed by atoms with Gasteiger partial charge in [-0.15, -0.1) is 0 Å². The van der Waals surface area contributed by atoms with E-state index in [1.54, 1.807) is 25.1 Å². The topological polar surface area (TPSA) is 71.5 Å². The van der Waals surface area contributed by atoms with Gasteiger partial charge in [0.15, 0.2) is 6.10 Å². The maximum Gasteiger partial charge on any atom is 0.340 e. The fraction of sp³-hybridized carbons (Fsp3) is 0.233. The van der Waals surface area contributed by atoms with E-state index in [-0.39, 0.29) is 0 Å². The lowest BCUT2D eigenvalue weighted by Gasteiger charge is -2.30. The molecular formula is C30H27Cl2N3O3. The minimum absolute atomic E-state index is 0.303. The van der Waals surface area contributed by atoms with Gasteiger partial charge in [-0.25, -0.2) is 4.79 Å². The molecule has 1 N–H and O–H groups in total. The predicted octanol–water partition coefficient (Wildman–Crippen LogP) is 6.67. The summed E-state index contributed by atoms with van der Waals surface area (Å²) in [6.07, 6.45) is 0.0318. The van der Waals surface area contributed by atoms with Crippen LogP contribution in [0.2, 0.25) is 10.0 Å². The van der Waals surface area contributed by atoms with E-state index in [0.717, 1.165) is 41.7 Å². The van der Waals surface area contributed by atoms with E-state index in [1.165, 1.54) is 5.56 Å². The van der Waals surface area contributed by atoms with E-state index in [9.17, 15) is 9.59 Å². The molecule has 0 fully saturated rings. The molecule has 0 saturated heterocycles. The summed E-state index contributed by atoms with van der Waals surface area (Å²) < 4.78 is 5.84. The number of benzene rings is 3. The van der Waals surface area contributed by atoms with Crippen LogP contribution in [0, 0.1) is 0 Å². The number of aromatic nitrogens is 1. The maximum absolute atomic E-state index is 13.7. The number of carbonyl (C=O) groups is 2. The number of rotatable bonds is 7. The zero-order chi connectivity index (χ0) is 26.6. The van der Waals surface area contributed by atoms with Gasteiger partial charge in [-0.05, 0) is 36.2 Å². The van der Waals surface area contributed by atoms with E-state index in [0.29, 0.717) is 34.3 Å². The van der Waals surface area contributed by atoms with E-state index in [1.807, 2.05) is 42.5 Å². The number of hydrogen-bond acceptors (Lipinski definition) is 5. The number of hydrogen-bond donors (Lipinski definition) is 1. The molecule has 0 saturated carbocycles. The van der Waals surface area contributed by atoms with Gasteiger partial charge in [-0.3, -0.25) is 14.7 Å². The Morgan fingerprint density at radius 2 is 1.74 bits per heavy atom. The van der Waals surface area contributed by atoms with Crippen molar-refractivity contribution in [3.63, 3.8) is 0 Å². The second-order valence-electron chi connectivity index (χ2n) is 9.33. The molecule has 2 heterocycles. The molecule has 5 rings (SSSR count). The van der Waals surface area contributed by atoms with Gasteiger partial charge in [0.2, 0.25) is 0 Å². The van der Waals surface area contributed by atoms with Crippen molar-refractivity contribution in [2.45, 2.75) is 39.0 Å². The van der Waals surface area contributed by atoms with Gasteiger partial charge in [0.1, 0.15) is 0 Å². The van der Waals surface area contributed by atoms with Crippen LogP contribution in [-0.2, 0) is 29.0 Å². The lowest BCUT2D eigenvalue weighted by atomic mass is 9.95. The fourth-order valence-electron chi connectivity index (χ4n) is 4.81. The van der Waals surface area contributed by atoms with E-state index in [4.69, 9.17) is 32.9 Å². The molecule has 0 aliphatic carbocycles. The first-order valence-corrected chi connectivity index (χ1v) is 13.3. The second-order valence-corrected chi connectivity index (χ2v) is 10.2. The molecule has 0 radical (unpaired) electrons. The molecule has 3 aromatic carbocycles. The van der Waals surface area contributed by atoms with Crippen molar-refractivity contribution < 1.29 is 14.3 Å². The van der Waals surface area contributed by atoms with Crippen LogP contribution in [0.5, 0.6) is 0 Å². The molecule has 1 atom stereocenters. The Morgan fingerprint density at radius 3 is 2.47 bits per heavy atom. The summed E-state index contributed by atoms with van der Waals surface area (Å²) in [6, 6.07) is 22.6. The highest BCUT2D eigenvalue weighted by Crippen LogP contribution is 2.30. The number of esters is 1. The first-order chi connectivity index (χ1) is 18.4. The Hall–Kier alpha value is -3.45. The zero-order valence-electron chi connectivity index (χ0n) is 20.9. The number of para-hydroxylation sites is 1. The maximum atomic E-state index is 13.7. The summed E-state index contributed by atoms with van der Waals surface area (Å²) in [4.78, 5) is 34.0. The zero-order valence-corrected chi connectivity index (χ0v) is 22.4. The monoisotopic (exact) mass is 547 g/mol. The Morgan fingerprint density at radius 1 is 1.03 bits per heavy atom. The highest BCUT2D eigenvalue weighted by molar-refractivity contribution is 6.35. The minimum Gasteiger partial charge on any atom is -0.449 e. The van der Waals surface area contributed by atoms with Crippen LogP contribution in [0.15, 0.2) is 72.8 Å². The molecule has 0 spiro atoms. The van der Waals surface area contributed by atoms with Gasteiger partial charge in [0.05, 0.1) is 11.1 Å². The lowest BCUT2D eigenvalue weighted by molar-refractivity contribution is -0.124. The molecule has 1 amide bonds. The summed E-state index contributed by atoms with van der Waals surface area (Å²) >= 11 is 12.1. The SMILES string of the molecule is CCC(OC(=O)c1c2c(nc3ccccc13)CCN(Cc1ccccc1)C2)C(=O)Nc1cc(Cl)cc(Cl)c1. The van der Waals surface area contributed by atoms with Crippen molar-refractivity contribution in [1.29, 1.82) is 0 Å². The largest absolute Gasteiger partial charge is 0.449 e. The third kappa shape index (κ3) is 5.83. The summed E-state index contributed by atoms with van der Waals surface area (Å²) in [5.74, 6) is -0.982. The van der Waals surface area contributed by atoms with Gasteiger partial charge in [0, 0.05) is 58.4 Å². The third-order valence-corrected chi connectivity index (χ3v) is 7.06. The molecular weight excluding hydrogens is 521 g/mol. The van der Waals surface area contributed by atoms with Gasteiger partial charge in [-0.2, -0.15) is 0 Å².